The van der Waals surface area contributed by atoms with Gasteiger partial charge in [0.1, 0.15) is 6.33 Å². The lowest BCUT2D eigenvalue weighted by Crippen LogP contribution is -2.38. The Morgan fingerprint density at radius 2 is 2.08 bits per heavy atom. The summed E-state index contributed by atoms with van der Waals surface area (Å²) >= 11 is 3.60. The Morgan fingerprint density at radius 1 is 1.23 bits per heavy atom. The molecule has 3 aromatic rings. The van der Waals surface area contributed by atoms with Crippen molar-refractivity contribution in [1.82, 2.24) is 25.8 Å². The maximum Gasteiger partial charge on any atom is 0.191 e. The summed E-state index contributed by atoms with van der Waals surface area (Å²) in [6.07, 6.45) is 1.51. The molecular weight excluding hydrogens is 392 g/mol. The van der Waals surface area contributed by atoms with Crippen LogP contribution >= 0.6 is 15.9 Å². The molecule has 1 heterocycles. The summed E-state index contributed by atoms with van der Waals surface area (Å²) in [6.45, 7) is 2.77. The molecule has 1 aromatic heterocycles. The summed E-state index contributed by atoms with van der Waals surface area (Å²) in [5.41, 5.74) is 3.32. The first-order valence-electron chi connectivity index (χ1n) is 8.33. The Morgan fingerprint density at radius 3 is 2.81 bits per heavy atom. The molecule has 0 bridgehead atoms. The second kappa shape index (κ2) is 8.62. The molecule has 0 saturated carbocycles. The number of H-pyrrole nitrogens is 1. The van der Waals surface area contributed by atoms with Crippen LogP contribution in [0.15, 0.2) is 64.3 Å². The van der Waals surface area contributed by atoms with Gasteiger partial charge in [0.05, 0.1) is 6.04 Å². The van der Waals surface area contributed by atoms with Crippen LogP contribution in [0.5, 0.6) is 0 Å². The van der Waals surface area contributed by atoms with Crippen molar-refractivity contribution >= 4 is 21.9 Å². The molecule has 0 aliphatic carbocycles. The standard InChI is InChI=1S/C19H21BrN6/c1-13(16-8-3-4-9-17(16)20)25-19(21-2)22-11-14-6-5-7-15(10-14)18-23-12-24-26-18/h3-10,12-13H,11H2,1-2H3,(H2,21,22,25)(H,23,24,26). The van der Waals surface area contributed by atoms with Gasteiger partial charge in [-0.05, 0) is 30.2 Å². The molecule has 0 radical (unpaired) electrons. The first-order valence-corrected chi connectivity index (χ1v) is 9.13. The van der Waals surface area contributed by atoms with Gasteiger partial charge in [-0.1, -0.05) is 52.3 Å². The van der Waals surface area contributed by atoms with Gasteiger partial charge in [-0.15, -0.1) is 0 Å². The van der Waals surface area contributed by atoms with Crippen molar-refractivity contribution in [2.24, 2.45) is 4.99 Å². The third-order valence-corrected chi connectivity index (χ3v) is 4.75. The Balaban J connectivity index is 1.63. The molecule has 1 unspecified atom stereocenters. The average Bonchev–Trinajstić information content (AvgIpc) is 3.20. The van der Waals surface area contributed by atoms with Crippen LogP contribution in [0.3, 0.4) is 0 Å². The zero-order valence-corrected chi connectivity index (χ0v) is 16.3. The van der Waals surface area contributed by atoms with Gasteiger partial charge in [0.2, 0.25) is 0 Å². The molecule has 0 aliphatic heterocycles. The molecule has 2 aromatic carbocycles. The van der Waals surface area contributed by atoms with Crippen molar-refractivity contribution in [2.75, 3.05) is 7.05 Å². The predicted octanol–water partition coefficient (Wildman–Crippen LogP) is 3.66. The van der Waals surface area contributed by atoms with Crippen molar-refractivity contribution in [3.05, 3.63) is 70.5 Å². The predicted molar refractivity (Wildman–Crippen MR) is 108 cm³/mol. The lowest BCUT2D eigenvalue weighted by atomic mass is 10.1. The largest absolute Gasteiger partial charge is 0.352 e. The van der Waals surface area contributed by atoms with Crippen LogP contribution < -0.4 is 10.6 Å². The molecule has 0 fully saturated rings. The fraction of sp³-hybridized carbons (Fsp3) is 0.211. The molecule has 134 valence electrons. The molecule has 7 heteroatoms. The molecule has 1 atom stereocenters. The van der Waals surface area contributed by atoms with Crippen LogP contribution in [0.4, 0.5) is 0 Å². The van der Waals surface area contributed by atoms with Gasteiger partial charge in [-0.25, -0.2) is 4.98 Å². The number of rotatable bonds is 5. The number of benzene rings is 2. The lowest BCUT2D eigenvalue weighted by Gasteiger charge is -2.19. The number of aromatic nitrogens is 3. The molecule has 3 rings (SSSR count). The second-order valence-electron chi connectivity index (χ2n) is 5.85. The summed E-state index contributed by atoms with van der Waals surface area (Å²) < 4.78 is 1.08. The Hall–Kier alpha value is -2.67. The summed E-state index contributed by atoms with van der Waals surface area (Å²) in [7, 11) is 1.77. The van der Waals surface area contributed by atoms with Crippen molar-refractivity contribution in [2.45, 2.75) is 19.5 Å². The normalized spacial score (nSPS) is 12.7. The summed E-state index contributed by atoms with van der Waals surface area (Å²) in [6, 6.07) is 16.5. The quantitative estimate of drug-likeness (QED) is 0.441. The molecular formula is C19H21BrN6. The van der Waals surface area contributed by atoms with Gasteiger partial charge < -0.3 is 10.6 Å². The number of guanidine groups is 1. The lowest BCUT2D eigenvalue weighted by molar-refractivity contribution is 0.682. The topological polar surface area (TPSA) is 78.0 Å². The minimum Gasteiger partial charge on any atom is -0.352 e. The molecule has 6 nitrogen and oxygen atoms in total. The molecule has 0 aliphatic rings. The first kappa shape index (κ1) is 18.1. The minimum atomic E-state index is 0.123. The molecule has 0 saturated heterocycles. The molecule has 3 N–H and O–H groups in total. The molecule has 26 heavy (non-hydrogen) atoms. The summed E-state index contributed by atoms with van der Waals surface area (Å²) in [5, 5.41) is 13.6. The maximum atomic E-state index is 4.32. The number of hydrogen-bond acceptors (Lipinski definition) is 3. The fourth-order valence-electron chi connectivity index (χ4n) is 2.66. The minimum absolute atomic E-state index is 0.123. The number of hydrogen-bond donors (Lipinski definition) is 3. The monoisotopic (exact) mass is 412 g/mol. The zero-order valence-electron chi connectivity index (χ0n) is 14.7. The molecule has 0 amide bonds. The van der Waals surface area contributed by atoms with Crippen LogP contribution in [0.25, 0.3) is 11.4 Å². The van der Waals surface area contributed by atoms with Gasteiger partial charge in [-0.2, -0.15) is 5.10 Å². The number of aromatic amines is 1. The highest BCUT2D eigenvalue weighted by Gasteiger charge is 2.10. The van der Waals surface area contributed by atoms with Gasteiger partial charge in [0.25, 0.3) is 0 Å². The van der Waals surface area contributed by atoms with E-state index in [0.717, 1.165) is 27.4 Å². The van der Waals surface area contributed by atoms with Gasteiger partial charge in [0.15, 0.2) is 11.8 Å². The van der Waals surface area contributed by atoms with Crippen LogP contribution in [0, 0.1) is 0 Å². The van der Waals surface area contributed by atoms with Crippen molar-refractivity contribution in [3.8, 4) is 11.4 Å². The Labute approximate surface area is 161 Å². The zero-order chi connectivity index (χ0) is 18.4. The van der Waals surface area contributed by atoms with E-state index in [1.54, 1.807) is 7.05 Å². The van der Waals surface area contributed by atoms with Crippen LogP contribution in [0.2, 0.25) is 0 Å². The smallest absolute Gasteiger partial charge is 0.191 e. The number of nitrogens with zero attached hydrogens (tertiary/aromatic N) is 3. The number of halogens is 1. The van der Waals surface area contributed by atoms with E-state index >= 15 is 0 Å². The van der Waals surface area contributed by atoms with E-state index in [0.29, 0.717) is 6.54 Å². The fourth-order valence-corrected chi connectivity index (χ4v) is 3.29. The van der Waals surface area contributed by atoms with Crippen molar-refractivity contribution in [1.29, 1.82) is 0 Å². The highest BCUT2D eigenvalue weighted by Crippen LogP contribution is 2.22. The van der Waals surface area contributed by atoms with E-state index in [1.165, 1.54) is 11.9 Å². The first-order chi connectivity index (χ1) is 12.7. The van der Waals surface area contributed by atoms with Crippen LogP contribution in [0.1, 0.15) is 24.1 Å². The molecule has 0 spiro atoms. The van der Waals surface area contributed by atoms with Gasteiger partial charge in [-0.3, -0.25) is 10.1 Å². The van der Waals surface area contributed by atoms with Crippen LogP contribution in [-0.2, 0) is 6.54 Å². The third kappa shape index (κ3) is 4.49. The van der Waals surface area contributed by atoms with Gasteiger partial charge in [0, 0.05) is 23.6 Å². The van der Waals surface area contributed by atoms with Gasteiger partial charge >= 0.3 is 0 Å². The van der Waals surface area contributed by atoms with Crippen LogP contribution in [-0.4, -0.2) is 28.2 Å². The third-order valence-electron chi connectivity index (χ3n) is 4.02. The van der Waals surface area contributed by atoms with E-state index < -0.39 is 0 Å². The SMILES string of the molecule is CN=C(NCc1cccc(-c2ncn[nH]2)c1)NC(C)c1ccccc1Br. The summed E-state index contributed by atoms with van der Waals surface area (Å²) in [5.74, 6) is 1.51. The van der Waals surface area contributed by atoms with E-state index in [-0.39, 0.29) is 6.04 Å². The average molecular weight is 413 g/mol. The Bertz CT molecular complexity index is 875. The van der Waals surface area contributed by atoms with Crippen molar-refractivity contribution in [3.63, 3.8) is 0 Å². The number of nitrogens with one attached hydrogen (secondary N) is 3. The van der Waals surface area contributed by atoms with E-state index in [4.69, 9.17) is 0 Å². The second-order valence-corrected chi connectivity index (χ2v) is 6.70. The van der Waals surface area contributed by atoms with E-state index in [9.17, 15) is 0 Å². The highest BCUT2D eigenvalue weighted by atomic mass is 79.9. The number of aliphatic imine (C=N–C) groups is 1. The summed E-state index contributed by atoms with van der Waals surface area (Å²) in [4.78, 5) is 8.51. The Kier molecular flexibility index (Phi) is 6.01. The maximum absolute atomic E-state index is 4.32. The highest BCUT2D eigenvalue weighted by molar-refractivity contribution is 9.10. The van der Waals surface area contributed by atoms with Crippen molar-refractivity contribution < 1.29 is 0 Å². The van der Waals surface area contributed by atoms with E-state index in [1.807, 2.05) is 30.3 Å². The van der Waals surface area contributed by atoms with E-state index in [2.05, 4.69) is 71.9 Å².